The molecule has 1 saturated heterocycles. The van der Waals surface area contributed by atoms with Crippen LogP contribution in [0.15, 0.2) is 36.4 Å². The van der Waals surface area contributed by atoms with Crippen molar-refractivity contribution in [3.05, 3.63) is 64.2 Å². The Morgan fingerprint density at radius 2 is 1.40 bits per heavy atom. The van der Waals surface area contributed by atoms with E-state index < -0.39 is 78.3 Å². The molecule has 1 fully saturated rings. The molecule has 0 unspecified atom stereocenters. The monoisotopic (exact) mass is 613 g/mol. The van der Waals surface area contributed by atoms with Crippen molar-refractivity contribution in [3.63, 3.8) is 0 Å². The van der Waals surface area contributed by atoms with Crippen LogP contribution in [-0.4, -0.2) is 36.4 Å². The highest BCUT2D eigenvalue weighted by Gasteiger charge is 2.44. The highest BCUT2D eigenvalue weighted by molar-refractivity contribution is 6.62. The van der Waals surface area contributed by atoms with Gasteiger partial charge in [0.25, 0.3) is 0 Å². The zero-order valence-corrected chi connectivity index (χ0v) is 23.3. The first kappa shape index (κ1) is 33.6. The van der Waals surface area contributed by atoms with Crippen LogP contribution in [0.3, 0.4) is 0 Å². The number of ether oxygens (including phenoxy) is 1. The quantitative estimate of drug-likeness (QED) is 0.214. The van der Waals surface area contributed by atoms with E-state index in [0.29, 0.717) is 18.6 Å². The fourth-order valence-electron chi connectivity index (χ4n) is 4.35. The number of halogens is 9. The van der Waals surface area contributed by atoms with Crippen molar-refractivity contribution in [2.45, 2.75) is 83.9 Å². The third kappa shape index (κ3) is 7.71. The summed E-state index contributed by atoms with van der Waals surface area (Å²) >= 11 is 0. The minimum atomic E-state index is -5.13. The first-order valence-electron chi connectivity index (χ1n) is 12.9. The standard InChI is InChI=1S/C27H29BF9NO4/c1-6-24(4,5)42-28(40-7-2)21-9-8-18(25(29,30)31)12-17(21)14-38-15(3)22(41-23(38)39)16-10-19(26(32,33)34)13-20(11-16)27(35,36)37/h8-13,15,22H,6-7,14H2,1-5H3/t15-,22-/m0/s1. The molecule has 0 radical (unpaired) electrons. The molecule has 42 heavy (non-hydrogen) atoms. The fourth-order valence-corrected chi connectivity index (χ4v) is 4.35. The number of benzene rings is 2. The van der Waals surface area contributed by atoms with E-state index in [2.05, 4.69) is 0 Å². The number of hydrogen-bond donors (Lipinski definition) is 0. The van der Waals surface area contributed by atoms with Gasteiger partial charge >= 0.3 is 31.7 Å². The van der Waals surface area contributed by atoms with E-state index in [4.69, 9.17) is 14.0 Å². The van der Waals surface area contributed by atoms with Gasteiger partial charge in [-0.05, 0) is 75.0 Å². The molecule has 2 atom stereocenters. The molecule has 0 spiro atoms. The molecule has 0 N–H and O–H groups in total. The summed E-state index contributed by atoms with van der Waals surface area (Å²) in [6.45, 7) is 7.87. The van der Waals surface area contributed by atoms with E-state index in [9.17, 15) is 44.3 Å². The van der Waals surface area contributed by atoms with Gasteiger partial charge in [-0.3, -0.25) is 4.90 Å². The molecule has 0 saturated carbocycles. The number of hydrogen-bond acceptors (Lipinski definition) is 4. The number of alkyl halides is 9. The average molecular weight is 613 g/mol. The number of amides is 1. The summed E-state index contributed by atoms with van der Waals surface area (Å²) in [6.07, 6.45) is -17.2. The zero-order valence-electron chi connectivity index (χ0n) is 23.3. The average Bonchev–Trinajstić information content (AvgIpc) is 3.15. The summed E-state index contributed by atoms with van der Waals surface area (Å²) < 4.78 is 138. The number of nitrogens with zero attached hydrogens (tertiary/aromatic N) is 1. The van der Waals surface area contributed by atoms with Crippen molar-refractivity contribution in [2.24, 2.45) is 0 Å². The summed E-state index contributed by atoms with van der Waals surface area (Å²) in [5.74, 6) is 0. The molecule has 0 bridgehead atoms. The maximum Gasteiger partial charge on any atom is 0.494 e. The second kappa shape index (κ2) is 12.0. The van der Waals surface area contributed by atoms with Gasteiger partial charge in [-0.2, -0.15) is 39.5 Å². The SMILES string of the molecule is CCOB(OC(C)(C)CC)c1ccc(C(F)(F)F)cc1CN1C(=O)O[C@H](c2cc(C(F)(F)F)cc(C(F)(F)F)c2)[C@@H]1C. The molecule has 0 aliphatic carbocycles. The Morgan fingerprint density at radius 1 is 0.857 bits per heavy atom. The maximum absolute atomic E-state index is 13.6. The normalized spacial score (nSPS) is 18.4. The van der Waals surface area contributed by atoms with E-state index in [1.165, 1.54) is 6.92 Å². The molecular weight excluding hydrogens is 584 g/mol. The van der Waals surface area contributed by atoms with Crippen LogP contribution in [0.25, 0.3) is 0 Å². The van der Waals surface area contributed by atoms with Crippen LogP contribution in [0.4, 0.5) is 44.3 Å². The lowest BCUT2D eigenvalue weighted by atomic mass is 9.73. The second-order valence-electron chi connectivity index (χ2n) is 10.4. The third-order valence-electron chi connectivity index (χ3n) is 6.99. The van der Waals surface area contributed by atoms with Gasteiger partial charge in [0.1, 0.15) is 6.10 Å². The number of cyclic esters (lactones) is 1. The summed E-state index contributed by atoms with van der Waals surface area (Å²) in [7, 11) is -1.15. The maximum atomic E-state index is 13.6. The largest absolute Gasteiger partial charge is 0.494 e. The molecule has 1 aliphatic rings. The van der Waals surface area contributed by atoms with Crippen molar-refractivity contribution in [1.82, 2.24) is 4.90 Å². The predicted octanol–water partition coefficient (Wildman–Crippen LogP) is 7.76. The van der Waals surface area contributed by atoms with Crippen LogP contribution in [0.2, 0.25) is 0 Å². The fraction of sp³-hybridized carbons (Fsp3) is 0.519. The second-order valence-corrected chi connectivity index (χ2v) is 10.4. The number of carbonyl (C=O) groups is 1. The first-order chi connectivity index (χ1) is 19.2. The van der Waals surface area contributed by atoms with E-state index in [1.807, 2.05) is 6.92 Å². The summed E-state index contributed by atoms with van der Waals surface area (Å²) in [5.41, 5.74) is -5.45. The topological polar surface area (TPSA) is 48.0 Å². The predicted molar refractivity (Wildman–Crippen MR) is 135 cm³/mol. The van der Waals surface area contributed by atoms with E-state index in [1.54, 1.807) is 20.8 Å². The van der Waals surface area contributed by atoms with Crippen LogP contribution in [0, 0.1) is 0 Å². The molecular formula is C27H29BF9NO4. The number of carbonyl (C=O) groups excluding carboxylic acids is 1. The van der Waals surface area contributed by atoms with Gasteiger partial charge in [0, 0.05) is 18.8 Å². The molecule has 1 heterocycles. The van der Waals surface area contributed by atoms with Crippen LogP contribution < -0.4 is 5.46 Å². The summed E-state index contributed by atoms with van der Waals surface area (Å²) in [4.78, 5) is 13.8. The van der Waals surface area contributed by atoms with Crippen molar-refractivity contribution in [2.75, 3.05) is 6.61 Å². The molecule has 232 valence electrons. The Labute approximate surface area is 237 Å². The van der Waals surface area contributed by atoms with Gasteiger partial charge < -0.3 is 14.0 Å². The Hall–Kier alpha value is -2.94. The molecule has 1 aliphatic heterocycles. The Balaban J connectivity index is 2.06. The minimum absolute atomic E-state index is 0.0523. The van der Waals surface area contributed by atoms with E-state index in [-0.39, 0.29) is 23.7 Å². The highest BCUT2D eigenvalue weighted by atomic mass is 19.4. The lowest BCUT2D eigenvalue weighted by Crippen LogP contribution is -2.46. The third-order valence-corrected chi connectivity index (χ3v) is 6.99. The van der Waals surface area contributed by atoms with E-state index in [0.717, 1.165) is 23.1 Å². The van der Waals surface area contributed by atoms with Crippen LogP contribution in [0.5, 0.6) is 0 Å². The van der Waals surface area contributed by atoms with Gasteiger partial charge in [-0.1, -0.05) is 19.1 Å². The van der Waals surface area contributed by atoms with Gasteiger partial charge in [0.15, 0.2) is 0 Å². The highest BCUT2D eigenvalue weighted by Crippen LogP contribution is 2.41. The van der Waals surface area contributed by atoms with Gasteiger partial charge in [-0.25, -0.2) is 4.79 Å². The Bertz CT molecular complexity index is 1250. The van der Waals surface area contributed by atoms with Gasteiger partial charge in [0.2, 0.25) is 0 Å². The van der Waals surface area contributed by atoms with Crippen molar-refractivity contribution >= 4 is 18.7 Å². The zero-order chi connectivity index (χ0) is 31.8. The van der Waals surface area contributed by atoms with Crippen molar-refractivity contribution in [3.8, 4) is 0 Å². The van der Waals surface area contributed by atoms with Gasteiger partial charge in [0.05, 0.1) is 22.7 Å². The van der Waals surface area contributed by atoms with E-state index >= 15 is 0 Å². The molecule has 2 aromatic carbocycles. The van der Waals surface area contributed by atoms with Crippen LogP contribution in [0.1, 0.15) is 75.0 Å². The van der Waals surface area contributed by atoms with Crippen LogP contribution in [-0.2, 0) is 39.1 Å². The van der Waals surface area contributed by atoms with Crippen molar-refractivity contribution < 1.29 is 58.4 Å². The van der Waals surface area contributed by atoms with Crippen LogP contribution >= 0.6 is 0 Å². The first-order valence-corrected chi connectivity index (χ1v) is 12.9. The molecule has 1 amide bonds. The molecule has 2 aromatic rings. The van der Waals surface area contributed by atoms with Gasteiger partial charge in [-0.15, -0.1) is 0 Å². The summed E-state index contributed by atoms with van der Waals surface area (Å²) in [6, 6.07) is 2.46. The molecule has 3 rings (SSSR count). The molecule has 0 aromatic heterocycles. The lowest BCUT2D eigenvalue weighted by molar-refractivity contribution is -0.143. The Kier molecular flexibility index (Phi) is 9.58. The lowest BCUT2D eigenvalue weighted by Gasteiger charge is -2.30. The number of rotatable bonds is 9. The molecule has 15 heteroatoms. The minimum Gasteiger partial charge on any atom is -0.439 e. The van der Waals surface area contributed by atoms with Crippen molar-refractivity contribution in [1.29, 1.82) is 0 Å². The smallest absolute Gasteiger partial charge is 0.439 e. The Morgan fingerprint density at radius 3 is 1.88 bits per heavy atom. The molecule has 5 nitrogen and oxygen atoms in total. The summed E-state index contributed by atoms with van der Waals surface area (Å²) in [5, 5.41) is 0.